The van der Waals surface area contributed by atoms with E-state index in [0.29, 0.717) is 17.4 Å². The van der Waals surface area contributed by atoms with E-state index in [2.05, 4.69) is 17.3 Å². The van der Waals surface area contributed by atoms with Gasteiger partial charge in [0.05, 0.1) is 30.3 Å². The zero-order valence-electron chi connectivity index (χ0n) is 15.4. The first-order valence-electron chi connectivity index (χ1n) is 9.26. The Bertz CT molecular complexity index is 867. The third kappa shape index (κ3) is 3.06. The van der Waals surface area contributed by atoms with E-state index in [4.69, 9.17) is 9.72 Å². The highest BCUT2D eigenvalue weighted by Crippen LogP contribution is 2.42. The Kier molecular flexibility index (Phi) is 4.17. The van der Waals surface area contributed by atoms with Crippen LogP contribution in [0.1, 0.15) is 67.5 Å². The van der Waals surface area contributed by atoms with Crippen LogP contribution in [-0.4, -0.2) is 39.8 Å². The molecule has 2 heterocycles. The first-order chi connectivity index (χ1) is 12.5. The average Bonchev–Trinajstić information content (AvgIpc) is 3.55. The van der Waals surface area contributed by atoms with Crippen LogP contribution in [0.2, 0.25) is 0 Å². The lowest BCUT2D eigenvalue weighted by atomic mass is 10.1. The quantitative estimate of drug-likeness (QED) is 0.804. The van der Waals surface area contributed by atoms with E-state index < -0.39 is 12.0 Å². The van der Waals surface area contributed by atoms with E-state index >= 15 is 0 Å². The van der Waals surface area contributed by atoms with Crippen LogP contribution in [0.4, 0.5) is 0 Å². The molecule has 2 aliphatic rings. The van der Waals surface area contributed by atoms with Crippen LogP contribution in [-0.2, 0) is 9.53 Å². The summed E-state index contributed by atoms with van der Waals surface area (Å²) in [7, 11) is 1.31. The average molecular weight is 356 g/mol. The lowest BCUT2D eigenvalue weighted by Crippen LogP contribution is -2.39. The van der Waals surface area contributed by atoms with Gasteiger partial charge >= 0.3 is 5.97 Å². The van der Waals surface area contributed by atoms with Crippen molar-refractivity contribution in [1.82, 2.24) is 20.1 Å². The minimum absolute atomic E-state index is 0.277. The molecular weight excluding hydrogens is 332 g/mol. The van der Waals surface area contributed by atoms with Gasteiger partial charge in [-0.05, 0) is 51.5 Å². The predicted octanol–water partition coefficient (Wildman–Crippen LogP) is 2.57. The standard InChI is InChI=1S/C19H24N4O3/c1-10(19(25)26-3)21-18(24)14-8-16(13-6-7-13)22-17-15(14)9-20-23(17)11(2)12-4-5-12/h8-13H,4-7H2,1-3H3,(H,21,24)/t10-,11?/m0/s1. The molecule has 4 rings (SSSR count). The van der Waals surface area contributed by atoms with Crippen LogP contribution in [0, 0.1) is 5.92 Å². The van der Waals surface area contributed by atoms with E-state index in [1.807, 2.05) is 10.7 Å². The molecule has 2 aromatic heterocycles. The zero-order valence-corrected chi connectivity index (χ0v) is 15.4. The van der Waals surface area contributed by atoms with Crippen molar-refractivity contribution in [2.24, 2.45) is 5.92 Å². The second kappa shape index (κ2) is 6.37. The lowest BCUT2D eigenvalue weighted by molar-refractivity contribution is -0.142. The number of methoxy groups -OCH3 is 1. The summed E-state index contributed by atoms with van der Waals surface area (Å²) in [5.41, 5.74) is 2.24. The summed E-state index contributed by atoms with van der Waals surface area (Å²) in [5, 5.41) is 7.99. The Morgan fingerprint density at radius 1 is 1.27 bits per heavy atom. The summed E-state index contributed by atoms with van der Waals surface area (Å²) >= 11 is 0. The molecule has 7 heteroatoms. The summed E-state index contributed by atoms with van der Waals surface area (Å²) in [6.07, 6.45) is 6.36. The molecule has 1 N–H and O–H groups in total. The van der Waals surface area contributed by atoms with E-state index in [9.17, 15) is 9.59 Å². The molecule has 2 saturated carbocycles. The fourth-order valence-corrected chi connectivity index (χ4v) is 3.40. The maximum Gasteiger partial charge on any atom is 0.328 e. The number of carbonyl (C=O) groups excluding carboxylic acids is 2. The normalized spacial score (nSPS) is 19.2. The summed E-state index contributed by atoms with van der Waals surface area (Å²) < 4.78 is 6.65. The number of nitrogens with one attached hydrogen (secondary N) is 1. The van der Waals surface area contributed by atoms with Crippen LogP contribution in [0.3, 0.4) is 0 Å². The van der Waals surface area contributed by atoms with Crippen LogP contribution in [0.5, 0.6) is 0 Å². The zero-order chi connectivity index (χ0) is 18.4. The van der Waals surface area contributed by atoms with Crippen molar-refractivity contribution in [2.45, 2.75) is 57.5 Å². The third-order valence-electron chi connectivity index (χ3n) is 5.42. The maximum atomic E-state index is 12.8. The Hall–Kier alpha value is -2.44. The highest BCUT2D eigenvalue weighted by atomic mass is 16.5. The molecular formula is C19H24N4O3. The first kappa shape index (κ1) is 17.0. The summed E-state index contributed by atoms with van der Waals surface area (Å²) in [6.45, 7) is 3.77. The van der Waals surface area contributed by atoms with Crippen molar-refractivity contribution in [2.75, 3.05) is 7.11 Å². The molecule has 2 aliphatic carbocycles. The molecule has 2 fully saturated rings. The van der Waals surface area contributed by atoms with E-state index in [1.54, 1.807) is 13.1 Å². The van der Waals surface area contributed by atoms with Gasteiger partial charge in [-0.15, -0.1) is 0 Å². The largest absolute Gasteiger partial charge is 0.467 e. The molecule has 1 amide bonds. The number of pyridine rings is 1. The minimum atomic E-state index is -0.708. The smallest absolute Gasteiger partial charge is 0.328 e. The molecule has 1 unspecified atom stereocenters. The monoisotopic (exact) mass is 356 g/mol. The first-order valence-corrected chi connectivity index (χ1v) is 9.26. The van der Waals surface area contributed by atoms with Gasteiger partial charge in [0.2, 0.25) is 0 Å². The third-order valence-corrected chi connectivity index (χ3v) is 5.42. The van der Waals surface area contributed by atoms with Gasteiger partial charge in [0.25, 0.3) is 5.91 Å². The van der Waals surface area contributed by atoms with Crippen LogP contribution < -0.4 is 5.32 Å². The molecule has 138 valence electrons. The number of esters is 1. The molecule has 2 atom stereocenters. The molecule has 2 aromatic rings. The Morgan fingerprint density at radius 2 is 2.00 bits per heavy atom. The van der Waals surface area contributed by atoms with Crippen molar-refractivity contribution in [3.8, 4) is 0 Å². The molecule has 0 spiro atoms. The van der Waals surface area contributed by atoms with Gasteiger partial charge in [0, 0.05) is 11.6 Å². The number of hydrogen-bond donors (Lipinski definition) is 1. The Balaban J connectivity index is 1.73. The van der Waals surface area contributed by atoms with Crippen molar-refractivity contribution >= 4 is 22.9 Å². The van der Waals surface area contributed by atoms with Crippen molar-refractivity contribution in [3.63, 3.8) is 0 Å². The van der Waals surface area contributed by atoms with Gasteiger partial charge in [-0.1, -0.05) is 0 Å². The maximum absolute atomic E-state index is 12.8. The van der Waals surface area contributed by atoms with Crippen molar-refractivity contribution < 1.29 is 14.3 Å². The lowest BCUT2D eigenvalue weighted by Gasteiger charge is -2.14. The summed E-state index contributed by atoms with van der Waals surface area (Å²) in [5.74, 6) is 0.296. The number of ether oxygens (including phenoxy) is 1. The second-order valence-electron chi connectivity index (χ2n) is 7.49. The molecule has 0 bridgehead atoms. The number of rotatable bonds is 6. The predicted molar refractivity (Wildman–Crippen MR) is 95.9 cm³/mol. The van der Waals surface area contributed by atoms with Gasteiger partial charge in [-0.2, -0.15) is 5.10 Å². The second-order valence-corrected chi connectivity index (χ2v) is 7.49. The van der Waals surface area contributed by atoms with Crippen molar-refractivity contribution in [1.29, 1.82) is 0 Å². The summed E-state index contributed by atoms with van der Waals surface area (Å²) in [4.78, 5) is 29.3. The number of amides is 1. The van der Waals surface area contributed by atoms with Crippen LogP contribution in [0.15, 0.2) is 12.3 Å². The Morgan fingerprint density at radius 3 is 2.62 bits per heavy atom. The number of fused-ring (bicyclic) bond motifs is 1. The molecule has 0 radical (unpaired) electrons. The minimum Gasteiger partial charge on any atom is -0.467 e. The van der Waals surface area contributed by atoms with E-state index in [1.165, 1.54) is 20.0 Å². The van der Waals surface area contributed by atoms with Crippen LogP contribution >= 0.6 is 0 Å². The fourth-order valence-electron chi connectivity index (χ4n) is 3.40. The van der Waals surface area contributed by atoms with Gasteiger partial charge in [-0.25, -0.2) is 14.5 Å². The Labute approximate surface area is 152 Å². The topological polar surface area (TPSA) is 86.1 Å². The number of nitrogens with zero attached hydrogens (tertiary/aromatic N) is 3. The summed E-state index contributed by atoms with van der Waals surface area (Å²) in [6, 6.07) is 1.42. The highest BCUT2D eigenvalue weighted by Gasteiger charge is 2.33. The molecule has 7 nitrogen and oxygen atoms in total. The number of aromatic nitrogens is 3. The fraction of sp³-hybridized carbons (Fsp3) is 0.579. The van der Waals surface area contributed by atoms with Gasteiger partial charge in [0.15, 0.2) is 5.65 Å². The van der Waals surface area contributed by atoms with E-state index in [0.717, 1.165) is 29.6 Å². The van der Waals surface area contributed by atoms with E-state index in [-0.39, 0.29) is 11.9 Å². The van der Waals surface area contributed by atoms with Gasteiger partial charge in [0.1, 0.15) is 6.04 Å². The van der Waals surface area contributed by atoms with Gasteiger partial charge < -0.3 is 10.1 Å². The molecule has 26 heavy (non-hydrogen) atoms. The number of carbonyl (C=O) groups is 2. The molecule has 0 aromatic carbocycles. The number of hydrogen-bond acceptors (Lipinski definition) is 5. The van der Waals surface area contributed by atoms with Gasteiger partial charge in [-0.3, -0.25) is 4.79 Å². The van der Waals surface area contributed by atoms with Crippen molar-refractivity contribution in [3.05, 3.63) is 23.5 Å². The molecule has 0 saturated heterocycles. The SMILES string of the molecule is COC(=O)[C@H](C)NC(=O)c1cc(C2CC2)nc2c1cnn2C(C)C1CC1. The molecule has 0 aliphatic heterocycles. The van der Waals surface area contributed by atoms with Crippen LogP contribution in [0.25, 0.3) is 11.0 Å². The highest BCUT2D eigenvalue weighted by molar-refractivity contribution is 6.06.